The highest BCUT2D eigenvalue weighted by atomic mass is 32.2. The summed E-state index contributed by atoms with van der Waals surface area (Å²) >= 11 is 2.01. The predicted molar refractivity (Wildman–Crippen MR) is 118 cm³/mol. The molecule has 28 heavy (non-hydrogen) atoms. The van der Waals surface area contributed by atoms with Crippen molar-refractivity contribution in [3.63, 3.8) is 0 Å². The second-order valence-electron chi connectivity index (χ2n) is 7.10. The predicted octanol–water partition coefficient (Wildman–Crippen LogP) is 5.14. The first kappa shape index (κ1) is 19.0. The van der Waals surface area contributed by atoms with E-state index in [0.29, 0.717) is 6.04 Å². The van der Waals surface area contributed by atoms with Crippen LogP contribution in [-0.2, 0) is 6.42 Å². The average Bonchev–Trinajstić information content (AvgIpc) is 3.30. The van der Waals surface area contributed by atoms with Crippen LogP contribution in [0.4, 0.5) is 0 Å². The van der Waals surface area contributed by atoms with Gasteiger partial charge >= 0.3 is 0 Å². The largest absolute Gasteiger partial charge is 0.492 e. The summed E-state index contributed by atoms with van der Waals surface area (Å²) in [4.78, 5) is 6.79. The van der Waals surface area contributed by atoms with Crippen molar-refractivity contribution in [1.29, 1.82) is 0 Å². The summed E-state index contributed by atoms with van der Waals surface area (Å²) < 4.78 is 6.19. The molecule has 1 atom stereocenters. The van der Waals surface area contributed by atoms with Gasteiger partial charge in [-0.1, -0.05) is 48.5 Å². The number of hydrogen-bond donors (Lipinski definition) is 0. The minimum atomic E-state index is 0.434. The Kier molecular flexibility index (Phi) is 6.64. The Labute approximate surface area is 171 Å². The maximum atomic E-state index is 6.19. The zero-order valence-electron chi connectivity index (χ0n) is 16.0. The topological polar surface area (TPSA) is 25.4 Å². The lowest BCUT2D eigenvalue weighted by Crippen LogP contribution is -2.38. The van der Waals surface area contributed by atoms with E-state index in [1.54, 1.807) is 0 Å². The lowest BCUT2D eigenvalue weighted by atomic mass is 10.1. The normalized spacial score (nSPS) is 15.4. The first-order valence-electron chi connectivity index (χ1n) is 9.87. The molecular formula is C24H26N2OS. The Balaban J connectivity index is 1.36. The zero-order valence-corrected chi connectivity index (χ0v) is 16.9. The number of pyridine rings is 1. The van der Waals surface area contributed by atoms with Gasteiger partial charge in [0.15, 0.2) is 0 Å². The van der Waals surface area contributed by atoms with Crippen molar-refractivity contribution in [2.24, 2.45) is 0 Å². The van der Waals surface area contributed by atoms with Crippen molar-refractivity contribution in [3.05, 3.63) is 84.7 Å². The minimum absolute atomic E-state index is 0.434. The van der Waals surface area contributed by atoms with E-state index >= 15 is 0 Å². The molecule has 1 aliphatic heterocycles. The monoisotopic (exact) mass is 390 g/mol. The number of ether oxygens (including phenoxy) is 1. The third-order valence-electron chi connectivity index (χ3n) is 5.19. The van der Waals surface area contributed by atoms with Crippen LogP contribution in [0.25, 0.3) is 11.1 Å². The molecule has 3 nitrogen and oxygen atoms in total. The van der Waals surface area contributed by atoms with Crippen molar-refractivity contribution in [1.82, 2.24) is 9.88 Å². The van der Waals surface area contributed by atoms with Crippen LogP contribution in [0.5, 0.6) is 5.75 Å². The third kappa shape index (κ3) is 5.15. The Hall–Kier alpha value is -2.30. The first-order valence-corrected chi connectivity index (χ1v) is 11.0. The third-order valence-corrected chi connectivity index (χ3v) is 6.17. The van der Waals surface area contributed by atoms with E-state index in [4.69, 9.17) is 4.74 Å². The van der Waals surface area contributed by atoms with Gasteiger partial charge in [-0.15, -0.1) is 11.8 Å². The van der Waals surface area contributed by atoms with Crippen LogP contribution in [-0.4, -0.2) is 40.7 Å². The molecule has 1 aromatic heterocycles. The number of rotatable bonds is 8. The summed E-state index contributed by atoms with van der Waals surface area (Å²) in [6.07, 6.45) is 5.93. The van der Waals surface area contributed by atoms with E-state index in [1.165, 1.54) is 22.4 Å². The molecule has 0 radical (unpaired) electrons. The minimum Gasteiger partial charge on any atom is -0.492 e. The summed E-state index contributed by atoms with van der Waals surface area (Å²) in [5.41, 5.74) is 3.75. The standard InChI is InChI=1S/C24H26N2OS/c1-2-6-21(7-3-1)22-9-12-24(13-10-22)27-18-23(26-15-16-28-19-26)11-8-20-5-4-14-25-17-20/h1-7,9-10,12-14,17,23H,8,11,15-16,18-19H2. The summed E-state index contributed by atoms with van der Waals surface area (Å²) in [5, 5.41) is 0. The molecule has 4 rings (SSSR count). The molecule has 0 N–H and O–H groups in total. The number of nitrogens with zero attached hydrogens (tertiary/aromatic N) is 2. The Bertz CT molecular complexity index is 833. The van der Waals surface area contributed by atoms with E-state index in [2.05, 4.69) is 64.5 Å². The van der Waals surface area contributed by atoms with Crippen LogP contribution < -0.4 is 4.74 Å². The van der Waals surface area contributed by atoms with Gasteiger partial charge in [-0.3, -0.25) is 9.88 Å². The zero-order chi connectivity index (χ0) is 19.0. The molecule has 144 valence electrons. The second kappa shape index (κ2) is 9.76. The van der Waals surface area contributed by atoms with Gasteiger partial charge in [0, 0.05) is 36.6 Å². The van der Waals surface area contributed by atoms with Gasteiger partial charge < -0.3 is 4.74 Å². The summed E-state index contributed by atoms with van der Waals surface area (Å²) in [6, 6.07) is 23.5. The first-order chi connectivity index (χ1) is 13.9. The van der Waals surface area contributed by atoms with Crippen molar-refractivity contribution in [2.75, 3.05) is 24.8 Å². The number of thioether (sulfide) groups is 1. The average molecular weight is 391 g/mol. The molecule has 0 bridgehead atoms. The maximum Gasteiger partial charge on any atom is 0.119 e. The number of aromatic nitrogens is 1. The van der Waals surface area contributed by atoms with Gasteiger partial charge in [-0.2, -0.15) is 0 Å². The van der Waals surface area contributed by atoms with Crippen LogP contribution in [0.3, 0.4) is 0 Å². The summed E-state index contributed by atoms with van der Waals surface area (Å²) in [7, 11) is 0. The van der Waals surface area contributed by atoms with E-state index in [1.807, 2.05) is 36.3 Å². The molecular weight excluding hydrogens is 364 g/mol. The Morgan fingerprint density at radius 1 is 0.964 bits per heavy atom. The summed E-state index contributed by atoms with van der Waals surface area (Å²) in [6.45, 7) is 1.88. The van der Waals surface area contributed by atoms with E-state index in [-0.39, 0.29) is 0 Å². The van der Waals surface area contributed by atoms with Gasteiger partial charge in [-0.25, -0.2) is 0 Å². The van der Waals surface area contributed by atoms with Crippen molar-refractivity contribution >= 4 is 11.8 Å². The number of aryl methyl sites for hydroxylation is 1. The molecule has 1 unspecified atom stereocenters. The second-order valence-corrected chi connectivity index (χ2v) is 8.18. The molecule has 0 spiro atoms. The van der Waals surface area contributed by atoms with Crippen molar-refractivity contribution in [3.8, 4) is 16.9 Å². The quantitative estimate of drug-likeness (QED) is 0.532. The Morgan fingerprint density at radius 3 is 2.50 bits per heavy atom. The fourth-order valence-corrected chi connectivity index (χ4v) is 4.60. The van der Waals surface area contributed by atoms with Crippen LogP contribution in [0.2, 0.25) is 0 Å². The van der Waals surface area contributed by atoms with Gasteiger partial charge in [0.2, 0.25) is 0 Å². The molecule has 1 aliphatic rings. The van der Waals surface area contributed by atoms with E-state index in [9.17, 15) is 0 Å². The number of hydrogen-bond acceptors (Lipinski definition) is 4. The lowest BCUT2D eigenvalue weighted by molar-refractivity contribution is 0.159. The maximum absolute atomic E-state index is 6.19. The molecule has 1 fully saturated rings. The summed E-state index contributed by atoms with van der Waals surface area (Å²) in [5.74, 6) is 3.27. The van der Waals surface area contributed by atoms with Crippen LogP contribution in [0.15, 0.2) is 79.1 Å². The van der Waals surface area contributed by atoms with Gasteiger partial charge in [0.25, 0.3) is 0 Å². The fourth-order valence-electron chi connectivity index (χ4n) is 3.53. The smallest absolute Gasteiger partial charge is 0.119 e. The van der Waals surface area contributed by atoms with Crippen LogP contribution in [0, 0.1) is 0 Å². The Morgan fingerprint density at radius 2 is 1.79 bits per heavy atom. The molecule has 2 heterocycles. The molecule has 0 saturated carbocycles. The van der Waals surface area contributed by atoms with Gasteiger partial charge in [-0.05, 0) is 47.7 Å². The van der Waals surface area contributed by atoms with Crippen molar-refractivity contribution in [2.45, 2.75) is 18.9 Å². The highest BCUT2D eigenvalue weighted by Crippen LogP contribution is 2.24. The fraction of sp³-hybridized carbons (Fsp3) is 0.292. The highest BCUT2D eigenvalue weighted by molar-refractivity contribution is 7.99. The molecule has 2 aromatic carbocycles. The molecule has 3 aromatic rings. The van der Waals surface area contributed by atoms with E-state index in [0.717, 1.165) is 37.6 Å². The number of benzene rings is 2. The van der Waals surface area contributed by atoms with Gasteiger partial charge in [0.05, 0.1) is 0 Å². The van der Waals surface area contributed by atoms with Crippen LogP contribution in [0.1, 0.15) is 12.0 Å². The molecule has 0 aliphatic carbocycles. The highest BCUT2D eigenvalue weighted by Gasteiger charge is 2.22. The van der Waals surface area contributed by atoms with Crippen molar-refractivity contribution < 1.29 is 4.74 Å². The van der Waals surface area contributed by atoms with E-state index < -0.39 is 0 Å². The molecule has 1 saturated heterocycles. The van der Waals surface area contributed by atoms with Crippen LogP contribution >= 0.6 is 11.8 Å². The SMILES string of the molecule is c1ccc(-c2ccc(OCC(CCc3cccnc3)N3CCSC3)cc2)cc1. The lowest BCUT2D eigenvalue weighted by Gasteiger charge is -2.27. The van der Waals surface area contributed by atoms with Gasteiger partial charge in [0.1, 0.15) is 12.4 Å². The molecule has 0 amide bonds. The molecule has 4 heteroatoms.